The Bertz CT molecular complexity index is 1280. The van der Waals surface area contributed by atoms with Gasteiger partial charge in [-0.25, -0.2) is 0 Å². The molecule has 48 heavy (non-hydrogen) atoms. The summed E-state index contributed by atoms with van der Waals surface area (Å²) in [5, 5.41) is 0. The van der Waals surface area contributed by atoms with Gasteiger partial charge in [-0.15, -0.1) is 0 Å². The summed E-state index contributed by atoms with van der Waals surface area (Å²) in [4.78, 5) is 38.9. The molecule has 0 aromatic carbocycles. The summed E-state index contributed by atoms with van der Waals surface area (Å²) in [7, 11) is -1.27. The Hall–Kier alpha value is -1.43. The zero-order valence-electron chi connectivity index (χ0n) is 32.7. The number of hydrogen-bond acceptors (Lipinski definition) is 5. The van der Waals surface area contributed by atoms with Gasteiger partial charge in [-0.05, 0) is 128 Å². The Morgan fingerprint density at radius 3 is 2.12 bits per heavy atom. The lowest BCUT2D eigenvalue weighted by Crippen LogP contribution is -2.66. The van der Waals surface area contributed by atoms with Gasteiger partial charge in [-0.2, -0.15) is 0 Å². The summed E-state index contributed by atoms with van der Waals surface area (Å²) < 4.78 is 11.9. The van der Waals surface area contributed by atoms with E-state index in [0.717, 1.165) is 51.0 Å². The topological polar surface area (TPSA) is 69.7 Å². The molecule has 5 unspecified atom stereocenters. The monoisotopic (exact) mass is 682 g/mol. The SMILES string of the molecule is C=C(C)C1CC[C@]2(C=O)CC[C@]3(C)C(CCC4[C@@]5(C)CC[C@H](OC(=O)CC(C)(C)CC(=O)OCC[Si](C)(C)C)C(C)(C)C5CC[C@]43C)C12. The lowest BCUT2D eigenvalue weighted by molar-refractivity contribution is -0.248. The molecule has 5 saturated carbocycles. The summed E-state index contributed by atoms with van der Waals surface area (Å²) in [6, 6.07) is 0.953. The van der Waals surface area contributed by atoms with Gasteiger partial charge in [0.15, 0.2) is 0 Å². The van der Waals surface area contributed by atoms with Crippen LogP contribution in [-0.4, -0.2) is 39.0 Å². The van der Waals surface area contributed by atoms with Crippen LogP contribution in [0.5, 0.6) is 0 Å². The van der Waals surface area contributed by atoms with Crippen LogP contribution in [0.2, 0.25) is 25.7 Å². The summed E-state index contributed by atoms with van der Waals surface area (Å²) in [6.07, 6.45) is 12.9. The molecule has 0 heterocycles. The van der Waals surface area contributed by atoms with Crippen LogP contribution in [-0.2, 0) is 23.9 Å². The Kier molecular flexibility index (Phi) is 9.97. The van der Waals surface area contributed by atoms with E-state index in [2.05, 4.69) is 67.8 Å². The fraction of sp³-hybridized carbons (Fsp3) is 0.881. The highest BCUT2D eigenvalue weighted by atomic mass is 28.3. The Morgan fingerprint density at radius 2 is 1.50 bits per heavy atom. The summed E-state index contributed by atoms with van der Waals surface area (Å²) in [6.45, 7) is 30.5. The molecule has 0 radical (unpaired) electrons. The minimum absolute atomic E-state index is 0.114. The minimum Gasteiger partial charge on any atom is -0.466 e. The molecule has 0 N–H and O–H groups in total. The van der Waals surface area contributed by atoms with Crippen molar-refractivity contribution < 1.29 is 23.9 Å². The highest BCUT2D eigenvalue weighted by molar-refractivity contribution is 6.76. The highest BCUT2D eigenvalue weighted by Crippen LogP contribution is 2.77. The maximum Gasteiger partial charge on any atom is 0.306 e. The van der Waals surface area contributed by atoms with Crippen molar-refractivity contribution in [3.8, 4) is 0 Å². The second-order valence-electron chi connectivity index (χ2n) is 20.9. The van der Waals surface area contributed by atoms with Crippen molar-refractivity contribution in [3.63, 3.8) is 0 Å². The van der Waals surface area contributed by atoms with Crippen LogP contribution in [0.25, 0.3) is 0 Å². The first kappa shape index (κ1) is 37.8. The van der Waals surface area contributed by atoms with Gasteiger partial charge in [0.1, 0.15) is 12.4 Å². The van der Waals surface area contributed by atoms with E-state index in [1.54, 1.807) is 0 Å². The van der Waals surface area contributed by atoms with Gasteiger partial charge in [0, 0.05) is 18.9 Å². The Labute approximate surface area is 294 Å². The van der Waals surface area contributed by atoms with E-state index in [1.807, 2.05) is 13.8 Å². The van der Waals surface area contributed by atoms with E-state index in [1.165, 1.54) is 31.1 Å². The quantitative estimate of drug-likeness (QED) is 0.0993. The molecule has 5 aliphatic carbocycles. The average Bonchev–Trinajstić information content (AvgIpc) is 3.34. The lowest BCUT2D eigenvalue weighted by atomic mass is 9.32. The molecule has 5 fully saturated rings. The van der Waals surface area contributed by atoms with Crippen LogP contribution < -0.4 is 0 Å². The number of aldehydes is 1. The van der Waals surface area contributed by atoms with Gasteiger partial charge in [0.25, 0.3) is 0 Å². The fourth-order valence-corrected chi connectivity index (χ4v) is 13.9. The summed E-state index contributed by atoms with van der Waals surface area (Å²) >= 11 is 0. The van der Waals surface area contributed by atoms with Crippen molar-refractivity contribution in [2.45, 2.75) is 164 Å². The number of fused-ring (bicyclic) bond motifs is 7. The fourth-order valence-electron chi connectivity index (χ4n) is 13.2. The molecular weight excluding hydrogens is 613 g/mol. The Morgan fingerprint density at radius 1 is 0.833 bits per heavy atom. The molecule has 5 aliphatic rings. The normalized spacial score (nSPS) is 42.0. The van der Waals surface area contributed by atoms with Crippen molar-refractivity contribution >= 4 is 26.3 Å². The first-order valence-electron chi connectivity index (χ1n) is 19.5. The zero-order chi connectivity index (χ0) is 35.7. The second-order valence-corrected chi connectivity index (χ2v) is 26.5. The standard InChI is InChI=1S/C42H70O5Si/c1-28(2)29-15-20-42(27-43)22-21-40(8)30(36(29)42)13-14-32-39(7)18-17-33(38(5,6)31(39)16-19-41(32,40)9)47-35(45)26-37(3,4)25-34(44)46-23-24-48(10,11)12/h27,29-33,36H,1,13-26H2,2-12H3/t29?,30?,31?,32?,33-,36?,39-,40+,41+,42+/m0/s1. The number of carbonyl (C=O) groups is 3. The number of hydrogen-bond donors (Lipinski definition) is 0. The van der Waals surface area contributed by atoms with Gasteiger partial charge in [0.05, 0.1) is 19.4 Å². The van der Waals surface area contributed by atoms with Crippen molar-refractivity contribution in [1.29, 1.82) is 0 Å². The third-order valence-corrected chi connectivity index (χ3v) is 17.6. The highest BCUT2D eigenvalue weighted by Gasteiger charge is 2.71. The Balaban J connectivity index is 1.28. The largest absolute Gasteiger partial charge is 0.466 e. The zero-order valence-corrected chi connectivity index (χ0v) is 33.7. The lowest BCUT2D eigenvalue weighted by Gasteiger charge is -2.72. The number of esters is 2. The minimum atomic E-state index is -1.27. The van der Waals surface area contributed by atoms with Crippen LogP contribution in [0, 0.1) is 62.1 Å². The summed E-state index contributed by atoms with van der Waals surface area (Å²) in [5.74, 6) is 2.20. The molecule has 6 heteroatoms. The van der Waals surface area contributed by atoms with E-state index in [4.69, 9.17) is 9.47 Å². The molecule has 0 amide bonds. The van der Waals surface area contributed by atoms with Crippen LogP contribution >= 0.6 is 0 Å². The third kappa shape index (κ3) is 6.33. The third-order valence-electron chi connectivity index (χ3n) is 15.9. The van der Waals surface area contributed by atoms with E-state index < -0.39 is 13.5 Å². The molecule has 0 aromatic rings. The average molecular weight is 683 g/mol. The van der Waals surface area contributed by atoms with E-state index in [-0.39, 0.29) is 58.0 Å². The maximum atomic E-state index is 13.5. The smallest absolute Gasteiger partial charge is 0.306 e. The first-order valence-corrected chi connectivity index (χ1v) is 23.2. The van der Waals surface area contributed by atoms with Gasteiger partial charge in [-0.3, -0.25) is 9.59 Å². The number of rotatable bonds is 10. The molecule has 5 rings (SSSR count). The van der Waals surface area contributed by atoms with E-state index in [9.17, 15) is 14.4 Å². The predicted octanol–water partition coefficient (Wildman–Crippen LogP) is 10.4. The molecule has 272 valence electrons. The van der Waals surface area contributed by atoms with Crippen LogP contribution in [0.3, 0.4) is 0 Å². The van der Waals surface area contributed by atoms with Gasteiger partial charge >= 0.3 is 11.9 Å². The number of allylic oxidation sites excluding steroid dienone is 1. The number of ether oxygens (including phenoxy) is 2. The van der Waals surface area contributed by atoms with E-state index in [0.29, 0.717) is 36.2 Å². The van der Waals surface area contributed by atoms with Crippen LogP contribution in [0.15, 0.2) is 12.2 Å². The van der Waals surface area contributed by atoms with Crippen LogP contribution in [0.4, 0.5) is 0 Å². The molecule has 0 saturated heterocycles. The van der Waals surface area contributed by atoms with Crippen molar-refractivity contribution in [2.24, 2.45) is 62.1 Å². The van der Waals surface area contributed by atoms with Gasteiger partial charge < -0.3 is 14.3 Å². The molecule has 0 bridgehead atoms. The van der Waals surface area contributed by atoms with Gasteiger partial charge in [-0.1, -0.05) is 80.3 Å². The molecule has 0 spiro atoms. The van der Waals surface area contributed by atoms with Gasteiger partial charge in [0.2, 0.25) is 0 Å². The molecule has 0 aromatic heterocycles. The maximum absolute atomic E-state index is 13.5. The van der Waals surface area contributed by atoms with Crippen LogP contribution in [0.1, 0.15) is 132 Å². The number of carbonyl (C=O) groups excluding carboxylic acids is 3. The molecule has 5 nitrogen and oxygen atoms in total. The molecule has 0 aliphatic heterocycles. The summed E-state index contributed by atoms with van der Waals surface area (Å²) in [5.41, 5.74) is 1.13. The first-order chi connectivity index (χ1) is 22.1. The molecule has 10 atom stereocenters. The molecular formula is C42H70O5Si. The van der Waals surface area contributed by atoms with Crippen molar-refractivity contribution in [1.82, 2.24) is 0 Å². The predicted molar refractivity (Wildman–Crippen MR) is 197 cm³/mol. The van der Waals surface area contributed by atoms with Crippen molar-refractivity contribution in [3.05, 3.63) is 12.2 Å². The second kappa shape index (κ2) is 12.7. The van der Waals surface area contributed by atoms with Crippen molar-refractivity contribution in [2.75, 3.05) is 6.61 Å². The van der Waals surface area contributed by atoms with E-state index >= 15 is 0 Å².